The maximum absolute atomic E-state index is 11.9. The number of rotatable bonds is 4. The Morgan fingerprint density at radius 2 is 2.18 bits per heavy atom. The van der Waals surface area contributed by atoms with Crippen molar-refractivity contribution in [2.45, 2.75) is 32.7 Å². The Hall–Kier alpha value is -2.08. The number of halogens is 1. The van der Waals surface area contributed by atoms with Crippen molar-refractivity contribution < 1.29 is 19.4 Å². The molecule has 0 aliphatic carbocycles. The van der Waals surface area contributed by atoms with Gasteiger partial charge < -0.3 is 9.84 Å². The Kier molecular flexibility index (Phi) is 4.42. The lowest BCUT2D eigenvalue weighted by molar-refractivity contribution is -0.142. The molecule has 0 saturated heterocycles. The molecular formula is C15H17ClN2O4. The molecule has 118 valence electrons. The number of carbonyl (C=O) groups is 2. The monoisotopic (exact) mass is 324 g/mol. The van der Waals surface area contributed by atoms with E-state index in [1.165, 1.54) is 11.9 Å². The molecule has 0 spiro atoms. The quantitative estimate of drug-likeness (QED) is 0.861. The Morgan fingerprint density at radius 1 is 1.50 bits per heavy atom. The van der Waals surface area contributed by atoms with Crippen LogP contribution in [-0.4, -0.2) is 34.9 Å². The van der Waals surface area contributed by atoms with Crippen molar-refractivity contribution >= 4 is 34.9 Å². The van der Waals surface area contributed by atoms with Crippen LogP contribution in [0.25, 0.3) is 0 Å². The summed E-state index contributed by atoms with van der Waals surface area (Å²) < 4.78 is 4.92. The summed E-state index contributed by atoms with van der Waals surface area (Å²) in [4.78, 5) is 23.6. The molecule has 0 bridgehead atoms. The van der Waals surface area contributed by atoms with Crippen LogP contribution in [0.5, 0.6) is 0 Å². The van der Waals surface area contributed by atoms with Gasteiger partial charge in [0, 0.05) is 11.4 Å². The molecule has 0 radical (unpaired) electrons. The summed E-state index contributed by atoms with van der Waals surface area (Å²) in [6, 6.07) is 5.15. The smallest absolute Gasteiger partial charge is 0.354 e. The van der Waals surface area contributed by atoms with Crippen molar-refractivity contribution in [1.29, 1.82) is 0 Å². The molecule has 1 heterocycles. The van der Waals surface area contributed by atoms with Gasteiger partial charge in [0.15, 0.2) is 5.54 Å². The number of nitrogens with zero attached hydrogens (tertiary/aromatic N) is 2. The zero-order valence-corrected chi connectivity index (χ0v) is 13.3. The van der Waals surface area contributed by atoms with Crippen LogP contribution in [0.1, 0.15) is 25.8 Å². The third-order valence-corrected chi connectivity index (χ3v) is 4.05. The fourth-order valence-electron chi connectivity index (χ4n) is 2.31. The highest BCUT2D eigenvalue weighted by molar-refractivity contribution is 6.38. The van der Waals surface area contributed by atoms with Gasteiger partial charge in [-0.3, -0.25) is 0 Å². The molecule has 1 unspecified atom stereocenters. The molecule has 1 atom stereocenters. The van der Waals surface area contributed by atoms with E-state index in [1.807, 2.05) is 0 Å². The average Bonchev–Trinajstić information content (AvgIpc) is 2.82. The van der Waals surface area contributed by atoms with E-state index < -0.39 is 17.5 Å². The Balaban J connectivity index is 2.50. The highest BCUT2D eigenvalue weighted by atomic mass is 35.5. The molecule has 1 aliphatic heterocycles. The second-order valence-electron chi connectivity index (χ2n) is 5.22. The largest absolute Gasteiger partial charge is 0.479 e. The number of carboxylic acid groups (broad SMARTS) is 1. The third-order valence-electron chi connectivity index (χ3n) is 3.64. The third kappa shape index (κ3) is 2.66. The molecule has 0 aromatic heterocycles. The van der Waals surface area contributed by atoms with Crippen LogP contribution in [0.15, 0.2) is 23.3 Å². The molecular weight excluding hydrogens is 308 g/mol. The first-order valence-electron chi connectivity index (χ1n) is 6.84. The van der Waals surface area contributed by atoms with E-state index in [0.29, 0.717) is 16.3 Å². The van der Waals surface area contributed by atoms with Gasteiger partial charge in [-0.2, -0.15) is 5.10 Å². The standard InChI is InChI=1S/C15H17ClN2O4/c1-4-22-13(19)11-8-15(3,14(20)21)18(17-11)12-7-5-6-10(16)9(12)2/h5-7H,4,8H2,1-3H3,(H,20,21). The highest BCUT2D eigenvalue weighted by Gasteiger charge is 2.48. The summed E-state index contributed by atoms with van der Waals surface area (Å²) >= 11 is 6.10. The molecule has 2 rings (SSSR count). The minimum Gasteiger partial charge on any atom is -0.479 e. The van der Waals surface area contributed by atoms with Gasteiger partial charge in [-0.1, -0.05) is 17.7 Å². The van der Waals surface area contributed by atoms with Crippen LogP contribution < -0.4 is 5.01 Å². The Labute approximate surface area is 133 Å². The van der Waals surface area contributed by atoms with Gasteiger partial charge in [-0.15, -0.1) is 0 Å². The maximum atomic E-state index is 11.9. The number of aliphatic carboxylic acids is 1. The van der Waals surface area contributed by atoms with E-state index in [1.54, 1.807) is 32.0 Å². The van der Waals surface area contributed by atoms with E-state index in [2.05, 4.69) is 5.10 Å². The summed E-state index contributed by atoms with van der Waals surface area (Å²) in [5.41, 5.74) is -0.0225. The lowest BCUT2D eigenvalue weighted by atomic mass is 9.95. The molecule has 7 heteroatoms. The van der Waals surface area contributed by atoms with E-state index in [0.717, 1.165) is 0 Å². The number of carboxylic acids is 1. The number of esters is 1. The van der Waals surface area contributed by atoms with Gasteiger partial charge in [0.2, 0.25) is 0 Å². The Morgan fingerprint density at radius 3 is 2.77 bits per heavy atom. The van der Waals surface area contributed by atoms with E-state index in [-0.39, 0.29) is 18.7 Å². The molecule has 6 nitrogen and oxygen atoms in total. The van der Waals surface area contributed by atoms with Crippen LogP contribution in [0, 0.1) is 6.92 Å². The molecule has 1 aliphatic rings. The minimum atomic E-state index is -1.36. The number of ether oxygens (including phenoxy) is 1. The molecule has 0 amide bonds. The summed E-state index contributed by atoms with van der Waals surface area (Å²) in [6.07, 6.45) is -0.0346. The zero-order valence-electron chi connectivity index (χ0n) is 12.6. The molecule has 22 heavy (non-hydrogen) atoms. The fourth-order valence-corrected chi connectivity index (χ4v) is 2.48. The lowest BCUT2D eigenvalue weighted by Crippen LogP contribution is -2.47. The predicted octanol–water partition coefficient (Wildman–Crippen LogP) is 2.62. The number of benzene rings is 1. The molecule has 0 fully saturated rings. The summed E-state index contributed by atoms with van der Waals surface area (Å²) in [6.45, 7) is 5.18. The van der Waals surface area contributed by atoms with Crippen LogP contribution in [-0.2, 0) is 14.3 Å². The maximum Gasteiger partial charge on any atom is 0.354 e. The van der Waals surface area contributed by atoms with Crippen molar-refractivity contribution in [2.75, 3.05) is 11.6 Å². The van der Waals surface area contributed by atoms with Crippen molar-refractivity contribution in [3.8, 4) is 0 Å². The fraction of sp³-hybridized carbons (Fsp3) is 0.400. The number of carbonyl (C=O) groups excluding carboxylic acids is 1. The topological polar surface area (TPSA) is 79.2 Å². The van der Waals surface area contributed by atoms with Crippen LogP contribution in [0.4, 0.5) is 5.69 Å². The van der Waals surface area contributed by atoms with Gasteiger partial charge in [0.05, 0.1) is 12.3 Å². The summed E-state index contributed by atoms with van der Waals surface area (Å²) in [7, 11) is 0. The molecule has 1 aromatic rings. The second kappa shape index (κ2) is 5.96. The van der Waals surface area contributed by atoms with Gasteiger partial charge in [0.25, 0.3) is 0 Å². The van der Waals surface area contributed by atoms with E-state index >= 15 is 0 Å². The predicted molar refractivity (Wildman–Crippen MR) is 83.4 cm³/mol. The number of hydrazone groups is 1. The lowest BCUT2D eigenvalue weighted by Gasteiger charge is -2.31. The first-order valence-corrected chi connectivity index (χ1v) is 7.22. The zero-order chi connectivity index (χ0) is 16.5. The average molecular weight is 325 g/mol. The molecule has 1 N–H and O–H groups in total. The minimum absolute atomic E-state index is 0.0346. The molecule has 0 saturated carbocycles. The van der Waals surface area contributed by atoms with Gasteiger partial charge in [-0.05, 0) is 38.5 Å². The van der Waals surface area contributed by atoms with Crippen LogP contribution in [0.3, 0.4) is 0 Å². The number of anilines is 1. The van der Waals surface area contributed by atoms with Gasteiger partial charge in [-0.25, -0.2) is 14.6 Å². The summed E-state index contributed by atoms with van der Waals surface area (Å²) in [5, 5.41) is 15.6. The van der Waals surface area contributed by atoms with E-state index in [4.69, 9.17) is 16.3 Å². The normalized spacial score (nSPS) is 20.7. The first-order chi connectivity index (χ1) is 10.3. The highest BCUT2D eigenvalue weighted by Crippen LogP contribution is 2.37. The van der Waals surface area contributed by atoms with Crippen molar-refractivity contribution in [1.82, 2.24) is 0 Å². The van der Waals surface area contributed by atoms with Crippen LogP contribution in [0.2, 0.25) is 5.02 Å². The van der Waals surface area contributed by atoms with Gasteiger partial charge >= 0.3 is 11.9 Å². The number of hydrogen-bond acceptors (Lipinski definition) is 5. The molecule has 1 aromatic carbocycles. The number of hydrogen-bond donors (Lipinski definition) is 1. The Bertz CT molecular complexity index is 659. The van der Waals surface area contributed by atoms with Crippen LogP contribution >= 0.6 is 11.6 Å². The SMILES string of the molecule is CCOC(=O)C1=NN(c2cccc(Cl)c2C)C(C)(C(=O)O)C1. The van der Waals surface area contributed by atoms with E-state index in [9.17, 15) is 14.7 Å². The first kappa shape index (κ1) is 16.3. The van der Waals surface area contributed by atoms with Gasteiger partial charge in [0.1, 0.15) is 5.71 Å². The second-order valence-corrected chi connectivity index (χ2v) is 5.63. The summed E-state index contributed by atoms with van der Waals surface area (Å²) in [5.74, 6) is -1.67. The van der Waals surface area contributed by atoms with Crippen molar-refractivity contribution in [3.05, 3.63) is 28.8 Å². The van der Waals surface area contributed by atoms with Crippen molar-refractivity contribution in [3.63, 3.8) is 0 Å². The van der Waals surface area contributed by atoms with Crippen molar-refractivity contribution in [2.24, 2.45) is 5.10 Å².